The summed E-state index contributed by atoms with van der Waals surface area (Å²) < 4.78 is 17.2. The molecule has 7 rings (SSSR count). The molecule has 0 radical (unpaired) electrons. The fourth-order valence-electron chi connectivity index (χ4n) is 7.22. The lowest BCUT2D eigenvalue weighted by atomic mass is 9.64. The van der Waals surface area contributed by atoms with E-state index in [0.29, 0.717) is 49.5 Å². The van der Waals surface area contributed by atoms with E-state index in [1.165, 1.54) is 32.7 Å². The molecule has 3 atom stereocenters. The van der Waals surface area contributed by atoms with Crippen molar-refractivity contribution >= 4 is 52.1 Å². The molecule has 0 amide bonds. The van der Waals surface area contributed by atoms with Gasteiger partial charge in [0.05, 0.1) is 32.2 Å². The fraction of sp³-hybridized carbons (Fsp3) is 0.206. The molecule has 1 aliphatic carbocycles. The Morgan fingerprint density at radius 3 is 2.23 bits per heavy atom. The maximum Gasteiger partial charge on any atom is 0.203 e. The first-order valence-corrected chi connectivity index (χ1v) is 15.0. The molecule has 43 heavy (non-hydrogen) atoms. The van der Waals surface area contributed by atoms with Crippen LogP contribution in [0.15, 0.2) is 78.2 Å². The number of anilines is 1. The van der Waals surface area contributed by atoms with Crippen molar-refractivity contribution < 1.29 is 28.6 Å². The second-order valence-electron chi connectivity index (χ2n) is 10.7. The predicted octanol–water partition coefficient (Wildman–Crippen LogP) is 6.74. The van der Waals surface area contributed by atoms with Gasteiger partial charge in [-0.15, -0.1) is 11.3 Å². The van der Waals surface area contributed by atoms with E-state index in [4.69, 9.17) is 25.8 Å². The largest absolute Gasteiger partial charge is 0.493 e. The average Bonchev–Trinajstić information content (AvgIpc) is 3.73. The van der Waals surface area contributed by atoms with Crippen molar-refractivity contribution in [2.24, 2.45) is 5.41 Å². The van der Waals surface area contributed by atoms with Gasteiger partial charge in [-0.25, -0.2) is 0 Å². The van der Waals surface area contributed by atoms with Gasteiger partial charge in [0, 0.05) is 33.3 Å². The molecule has 0 N–H and O–H groups in total. The number of nitrogens with zero attached hydrogens (tertiary/aromatic N) is 1. The molecule has 3 aromatic carbocycles. The van der Waals surface area contributed by atoms with E-state index in [2.05, 4.69) is 0 Å². The van der Waals surface area contributed by atoms with Gasteiger partial charge in [0.1, 0.15) is 11.5 Å². The molecule has 9 heteroatoms. The molecule has 1 saturated heterocycles. The van der Waals surface area contributed by atoms with E-state index in [-0.39, 0.29) is 17.3 Å². The monoisotopic (exact) mass is 611 g/mol. The summed E-state index contributed by atoms with van der Waals surface area (Å²) >= 11 is 7.71. The third-order valence-corrected chi connectivity index (χ3v) is 9.99. The Balaban J connectivity index is 1.59. The molecule has 1 aromatic heterocycles. The van der Waals surface area contributed by atoms with Crippen LogP contribution in [0.25, 0.3) is 6.08 Å². The highest BCUT2D eigenvalue weighted by molar-refractivity contribution is 7.12. The molecule has 2 aliphatic heterocycles. The first-order chi connectivity index (χ1) is 20.9. The first-order valence-electron chi connectivity index (χ1n) is 13.7. The minimum absolute atomic E-state index is 0.202. The minimum atomic E-state index is -1.68. The van der Waals surface area contributed by atoms with Crippen molar-refractivity contribution in [3.63, 3.8) is 0 Å². The van der Waals surface area contributed by atoms with Crippen LogP contribution in [0.2, 0.25) is 5.02 Å². The molecule has 4 aromatic rings. The summed E-state index contributed by atoms with van der Waals surface area (Å²) in [6.07, 6.45) is 3.75. The fourth-order valence-corrected chi connectivity index (χ4v) is 8.10. The Morgan fingerprint density at radius 1 is 0.884 bits per heavy atom. The van der Waals surface area contributed by atoms with Gasteiger partial charge in [-0.3, -0.25) is 14.4 Å². The highest BCUT2D eigenvalue weighted by Crippen LogP contribution is 2.63. The molecule has 1 unspecified atom stereocenters. The topological polar surface area (TPSA) is 82.1 Å². The second kappa shape index (κ2) is 10.1. The Kier molecular flexibility index (Phi) is 6.45. The van der Waals surface area contributed by atoms with Crippen molar-refractivity contribution in [3.05, 3.63) is 110 Å². The summed E-state index contributed by atoms with van der Waals surface area (Å²) in [5, 5.41) is 2.38. The molecular weight excluding hydrogens is 586 g/mol. The van der Waals surface area contributed by atoms with E-state index in [1.54, 1.807) is 48.5 Å². The molecule has 1 spiro atoms. The molecule has 1 fully saturated rings. The number of carbonyl (C=O) groups excluding carboxylic acids is 3. The lowest BCUT2D eigenvalue weighted by Crippen LogP contribution is -2.48. The van der Waals surface area contributed by atoms with Crippen LogP contribution in [0.1, 0.15) is 47.4 Å². The van der Waals surface area contributed by atoms with Crippen LogP contribution in [0.4, 0.5) is 5.69 Å². The Bertz CT molecular complexity index is 1810. The van der Waals surface area contributed by atoms with Gasteiger partial charge >= 0.3 is 0 Å². The van der Waals surface area contributed by atoms with Crippen LogP contribution in [-0.4, -0.2) is 50.8 Å². The number of ketones is 3. The predicted molar refractivity (Wildman–Crippen MR) is 166 cm³/mol. The van der Waals surface area contributed by atoms with Gasteiger partial charge in [0.15, 0.2) is 28.8 Å². The smallest absolute Gasteiger partial charge is 0.203 e. The van der Waals surface area contributed by atoms with E-state index >= 15 is 0 Å². The maximum atomic E-state index is 14.9. The van der Waals surface area contributed by atoms with Crippen LogP contribution in [0, 0.1) is 5.41 Å². The number of hydrogen-bond donors (Lipinski definition) is 0. The van der Waals surface area contributed by atoms with E-state index in [0.717, 1.165) is 5.56 Å². The number of benzene rings is 3. The van der Waals surface area contributed by atoms with Crippen molar-refractivity contribution in [2.75, 3.05) is 26.2 Å². The van der Waals surface area contributed by atoms with Gasteiger partial charge < -0.3 is 19.1 Å². The normalized spacial score (nSPS) is 21.0. The van der Waals surface area contributed by atoms with Gasteiger partial charge in [0.2, 0.25) is 5.75 Å². The molecular formula is C34H26ClNO6S. The van der Waals surface area contributed by atoms with Crippen LogP contribution in [-0.2, 0) is 0 Å². The number of thiophene rings is 1. The number of ether oxygens (including phenoxy) is 3. The summed E-state index contributed by atoms with van der Waals surface area (Å²) in [6.45, 7) is 0. The molecule has 7 nitrogen and oxygen atoms in total. The molecule has 0 bridgehead atoms. The molecule has 216 valence electrons. The van der Waals surface area contributed by atoms with Crippen LogP contribution in [0.5, 0.6) is 17.2 Å². The van der Waals surface area contributed by atoms with Gasteiger partial charge in [-0.1, -0.05) is 60.2 Å². The number of halogens is 1. The van der Waals surface area contributed by atoms with E-state index < -0.39 is 23.4 Å². The van der Waals surface area contributed by atoms with Crippen molar-refractivity contribution in [1.29, 1.82) is 0 Å². The molecule has 0 saturated carbocycles. The third-order valence-electron chi connectivity index (χ3n) is 8.87. The third kappa shape index (κ3) is 3.63. The van der Waals surface area contributed by atoms with E-state index in [1.807, 2.05) is 40.6 Å². The Hall–Kier alpha value is -4.40. The Morgan fingerprint density at radius 2 is 1.60 bits per heavy atom. The van der Waals surface area contributed by atoms with Gasteiger partial charge in [0.25, 0.3) is 0 Å². The van der Waals surface area contributed by atoms with Crippen molar-refractivity contribution in [3.8, 4) is 17.2 Å². The number of fused-ring (bicyclic) bond motifs is 5. The molecule has 3 aliphatic rings. The standard InChI is InChI=1S/C34H26ClNO6S/c1-40-24-14-12-22(30(41-2)31(24)42-3)27-28(29(37)25-9-6-16-43-25)36-23-13-11-19(35)17-18(23)10-15-26(36)34(27)32(38)20-7-4-5-8-21(20)33(34)39/h4-17,26-28H,1-3H3/t26?,27-,28+/m0/s1. The summed E-state index contributed by atoms with van der Waals surface area (Å²) in [6, 6.07) is 17.7. The lowest BCUT2D eigenvalue weighted by molar-refractivity contribution is 0.0664. The first kappa shape index (κ1) is 27.4. The van der Waals surface area contributed by atoms with E-state index in [9.17, 15) is 14.4 Å². The summed E-state index contributed by atoms with van der Waals surface area (Å²) in [4.78, 5) is 46.9. The number of methoxy groups -OCH3 is 3. The summed E-state index contributed by atoms with van der Waals surface area (Å²) in [7, 11) is 4.51. The zero-order valence-corrected chi connectivity index (χ0v) is 25.1. The zero-order valence-electron chi connectivity index (χ0n) is 23.5. The maximum absolute atomic E-state index is 14.9. The van der Waals surface area contributed by atoms with Gasteiger partial charge in [-0.2, -0.15) is 0 Å². The lowest BCUT2D eigenvalue weighted by Gasteiger charge is -2.37. The SMILES string of the molecule is COc1ccc([C@H]2[C@H](C(=O)c3cccs3)N3c4ccc(Cl)cc4C=CC3C23C(=O)c2ccccc2C3=O)c(OC)c1OC. The number of carbonyl (C=O) groups is 3. The van der Waals surface area contributed by atoms with Crippen molar-refractivity contribution in [2.45, 2.75) is 18.0 Å². The van der Waals surface area contributed by atoms with Crippen molar-refractivity contribution in [1.82, 2.24) is 0 Å². The quantitative estimate of drug-likeness (QED) is 0.176. The van der Waals surface area contributed by atoms with Crippen LogP contribution >= 0.6 is 22.9 Å². The highest BCUT2D eigenvalue weighted by Gasteiger charge is 2.72. The number of hydrogen-bond acceptors (Lipinski definition) is 8. The summed E-state index contributed by atoms with van der Waals surface area (Å²) in [5.41, 5.74) is 1.01. The second-order valence-corrected chi connectivity index (χ2v) is 12.1. The number of rotatable bonds is 6. The molecule has 3 heterocycles. The van der Waals surface area contributed by atoms with Crippen LogP contribution in [0.3, 0.4) is 0 Å². The average molecular weight is 612 g/mol. The minimum Gasteiger partial charge on any atom is -0.493 e. The highest BCUT2D eigenvalue weighted by atomic mass is 35.5. The number of Topliss-reactive ketones (excluding diaryl/α,β-unsaturated/α-hetero) is 3. The van der Waals surface area contributed by atoms with Crippen LogP contribution < -0.4 is 19.1 Å². The zero-order chi connectivity index (χ0) is 30.0. The van der Waals surface area contributed by atoms with Gasteiger partial charge in [-0.05, 0) is 41.3 Å². The summed E-state index contributed by atoms with van der Waals surface area (Å²) in [5.74, 6) is -0.787. The Labute approximate surface area is 257 Å².